The van der Waals surface area contributed by atoms with Gasteiger partial charge in [-0.05, 0) is 24.3 Å². The van der Waals surface area contributed by atoms with Gasteiger partial charge >= 0.3 is 5.63 Å². The molecule has 24 heavy (non-hydrogen) atoms. The maximum atomic E-state index is 12.1. The minimum Gasteiger partial charge on any atom is -0.506 e. The molecule has 0 atom stereocenters. The van der Waals surface area contributed by atoms with E-state index in [-0.39, 0.29) is 11.3 Å². The minimum absolute atomic E-state index is 0.0154. The molecular formula is C19H12N2O3. The fraction of sp³-hybridized carbons (Fsp3) is 0. The molecule has 4 aromatic rings. The Morgan fingerprint density at radius 3 is 2.79 bits per heavy atom. The van der Waals surface area contributed by atoms with Gasteiger partial charge in [-0.1, -0.05) is 30.3 Å². The van der Waals surface area contributed by atoms with Crippen LogP contribution in [0, 0.1) is 0 Å². The van der Waals surface area contributed by atoms with Gasteiger partial charge in [0.1, 0.15) is 16.9 Å². The first kappa shape index (κ1) is 14.1. The van der Waals surface area contributed by atoms with Crippen molar-refractivity contribution in [3.05, 3.63) is 76.8 Å². The standard InChI is InChI=1S/C19H12N2O3/c22-18-13-7-1-2-9-16(13)24-19(23)14(18)11-21-15-8-3-5-12-6-4-10-20-17(12)15/h1-11,22H. The number of aliphatic imine (C=N–C) groups is 1. The molecule has 0 amide bonds. The first-order valence-electron chi connectivity index (χ1n) is 7.36. The van der Waals surface area contributed by atoms with Crippen LogP contribution < -0.4 is 5.63 Å². The summed E-state index contributed by atoms with van der Waals surface area (Å²) >= 11 is 0. The molecule has 2 aromatic heterocycles. The van der Waals surface area contributed by atoms with E-state index in [0.717, 1.165) is 10.9 Å². The topological polar surface area (TPSA) is 75.7 Å². The van der Waals surface area contributed by atoms with E-state index in [9.17, 15) is 9.90 Å². The maximum Gasteiger partial charge on any atom is 0.348 e. The molecule has 0 spiro atoms. The van der Waals surface area contributed by atoms with E-state index in [2.05, 4.69) is 9.98 Å². The highest BCUT2D eigenvalue weighted by Crippen LogP contribution is 2.27. The number of hydrogen-bond acceptors (Lipinski definition) is 5. The van der Waals surface area contributed by atoms with Crippen LogP contribution >= 0.6 is 0 Å². The molecular weight excluding hydrogens is 304 g/mol. The molecule has 0 fully saturated rings. The van der Waals surface area contributed by atoms with Gasteiger partial charge in [0.25, 0.3) is 0 Å². The molecule has 1 N–H and O–H groups in total. The number of nitrogens with zero attached hydrogens (tertiary/aromatic N) is 2. The normalized spacial score (nSPS) is 11.5. The largest absolute Gasteiger partial charge is 0.506 e. The molecule has 2 aromatic carbocycles. The summed E-state index contributed by atoms with van der Waals surface area (Å²) in [4.78, 5) is 20.7. The minimum atomic E-state index is -0.636. The lowest BCUT2D eigenvalue weighted by Gasteiger charge is -2.03. The second-order valence-electron chi connectivity index (χ2n) is 5.26. The lowest BCUT2D eigenvalue weighted by Crippen LogP contribution is -2.06. The molecule has 0 saturated carbocycles. The zero-order chi connectivity index (χ0) is 16.5. The molecule has 0 radical (unpaired) electrons. The van der Waals surface area contributed by atoms with E-state index in [1.165, 1.54) is 6.21 Å². The SMILES string of the molecule is O=c1oc2ccccc2c(O)c1C=Nc1cccc2cccnc12. The Kier molecular flexibility index (Phi) is 3.31. The summed E-state index contributed by atoms with van der Waals surface area (Å²) in [5, 5.41) is 11.8. The van der Waals surface area contributed by atoms with Crippen molar-refractivity contribution in [2.75, 3.05) is 0 Å². The Hall–Kier alpha value is -3.47. The van der Waals surface area contributed by atoms with Crippen LogP contribution in [0.2, 0.25) is 0 Å². The predicted octanol–water partition coefficient (Wildman–Crippen LogP) is 3.80. The highest BCUT2D eigenvalue weighted by atomic mass is 16.4. The van der Waals surface area contributed by atoms with Gasteiger partial charge in [-0.25, -0.2) is 4.79 Å². The molecule has 5 nitrogen and oxygen atoms in total. The lowest BCUT2D eigenvalue weighted by atomic mass is 10.1. The van der Waals surface area contributed by atoms with E-state index >= 15 is 0 Å². The van der Waals surface area contributed by atoms with Gasteiger partial charge in [-0.3, -0.25) is 9.98 Å². The molecule has 5 heteroatoms. The van der Waals surface area contributed by atoms with Crippen molar-refractivity contribution in [1.82, 2.24) is 4.98 Å². The number of pyridine rings is 1. The van der Waals surface area contributed by atoms with Crippen LogP contribution in [0.3, 0.4) is 0 Å². The Labute approximate surface area is 136 Å². The van der Waals surface area contributed by atoms with Crippen LogP contribution in [0.25, 0.3) is 21.9 Å². The van der Waals surface area contributed by atoms with Crippen molar-refractivity contribution >= 4 is 33.8 Å². The van der Waals surface area contributed by atoms with Crippen LogP contribution in [0.15, 0.2) is 75.0 Å². The summed E-state index contributed by atoms with van der Waals surface area (Å²) in [5.74, 6) is -0.140. The Balaban J connectivity index is 1.87. The first-order chi connectivity index (χ1) is 11.7. The van der Waals surface area contributed by atoms with E-state index in [4.69, 9.17) is 4.42 Å². The van der Waals surface area contributed by atoms with Gasteiger partial charge in [-0.15, -0.1) is 0 Å². The first-order valence-corrected chi connectivity index (χ1v) is 7.36. The molecule has 0 aliphatic heterocycles. The quantitative estimate of drug-likeness (QED) is 0.451. The monoisotopic (exact) mass is 316 g/mol. The number of aromatic nitrogens is 1. The average molecular weight is 316 g/mol. The number of rotatable bonds is 2. The highest BCUT2D eigenvalue weighted by molar-refractivity contribution is 5.96. The van der Waals surface area contributed by atoms with Crippen LogP contribution in [0.1, 0.15) is 5.56 Å². The number of para-hydroxylation sites is 2. The van der Waals surface area contributed by atoms with Gasteiger partial charge < -0.3 is 9.52 Å². The summed E-state index contributed by atoms with van der Waals surface area (Å²) in [5.41, 5.74) is 1.05. The van der Waals surface area contributed by atoms with Crippen LogP contribution in [-0.4, -0.2) is 16.3 Å². The van der Waals surface area contributed by atoms with Crippen LogP contribution in [-0.2, 0) is 0 Å². The third-order valence-electron chi connectivity index (χ3n) is 3.76. The summed E-state index contributed by atoms with van der Waals surface area (Å²) in [6, 6.07) is 16.2. The molecule has 116 valence electrons. The van der Waals surface area contributed by atoms with Crippen molar-refractivity contribution in [3.63, 3.8) is 0 Å². The van der Waals surface area contributed by atoms with Crippen molar-refractivity contribution in [2.24, 2.45) is 4.99 Å². The predicted molar refractivity (Wildman–Crippen MR) is 93.1 cm³/mol. The van der Waals surface area contributed by atoms with Crippen LogP contribution in [0.4, 0.5) is 5.69 Å². The number of benzene rings is 2. The number of fused-ring (bicyclic) bond motifs is 2. The van der Waals surface area contributed by atoms with E-state index in [1.54, 1.807) is 36.5 Å². The highest BCUT2D eigenvalue weighted by Gasteiger charge is 2.11. The lowest BCUT2D eigenvalue weighted by molar-refractivity contribution is 0.466. The molecule has 0 aliphatic rings. The third-order valence-corrected chi connectivity index (χ3v) is 3.76. The summed E-state index contributed by atoms with van der Waals surface area (Å²) in [6.45, 7) is 0. The van der Waals surface area contributed by atoms with Crippen molar-refractivity contribution in [1.29, 1.82) is 0 Å². The zero-order valence-electron chi connectivity index (χ0n) is 12.5. The van der Waals surface area contributed by atoms with Crippen molar-refractivity contribution in [2.45, 2.75) is 0 Å². The van der Waals surface area contributed by atoms with Gasteiger partial charge in [0.2, 0.25) is 0 Å². The third kappa shape index (κ3) is 2.32. The average Bonchev–Trinajstić information content (AvgIpc) is 2.61. The smallest absolute Gasteiger partial charge is 0.348 e. The molecule has 0 bridgehead atoms. The van der Waals surface area contributed by atoms with Gasteiger partial charge in [0, 0.05) is 17.8 Å². The number of hydrogen-bond donors (Lipinski definition) is 1. The van der Waals surface area contributed by atoms with Gasteiger partial charge in [0.05, 0.1) is 16.6 Å². The number of aromatic hydroxyl groups is 1. The Morgan fingerprint density at radius 1 is 1.04 bits per heavy atom. The summed E-state index contributed by atoms with van der Waals surface area (Å²) < 4.78 is 5.23. The second-order valence-corrected chi connectivity index (χ2v) is 5.26. The molecule has 0 aliphatic carbocycles. The Bertz CT molecular complexity index is 1140. The molecule has 4 rings (SSSR count). The van der Waals surface area contributed by atoms with E-state index in [0.29, 0.717) is 16.7 Å². The zero-order valence-corrected chi connectivity index (χ0v) is 12.5. The molecule has 0 unspecified atom stereocenters. The van der Waals surface area contributed by atoms with Crippen molar-refractivity contribution in [3.8, 4) is 5.75 Å². The fourth-order valence-corrected chi connectivity index (χ4v) is 2.59. The van der Waals surface area contributed by atoms with Crippen molar-refractivity contribution < 1.29 is 9.52 Å². The summed E-state index contributed by atoms with van der Waals surface area (Å²) in [6.07, 6.45) is 3.00. The maximum absolute atomic E-state index is 12.1. The van der Waals surface area contributed by atoms with Gasteiger partial charge in [-0.2, -0.15) is 0 Å². The molecule has 2 heterocycles. The summed E-state index contributed by atoms with van der Waals surface area (Å²) in [7, 11) is 0. The van der Waals surface area contributed by atoms with E-state index < -0.39 is 5.63 Å². The van der Waals surface area contributed by atoms with Crippen LogP contribution in [0.5, 0.6) is 5.75 Å². The molecule has 0 saturated heterocycles. The fourth-order valence-electron chi connectivity index (χ4n) is 2.59. The van der Waals surface area contributed by atoms with Gasteiger partial charge in [0.15, 0.2) is 0 Å². The Morgan fingerprint density at radius 2 is 1.88 bits per heavy atom. The second kappa shape index (κ2) is 5.62. The van der Waals surface area contributed by atoms with E-state index in [1.807, 2.05) is 24.3 Å².